The van der Waals surface area contributed by atoms with E-state index in [1.807, 2.05) is 31.2 Å². The van der Waals surface area contributed by atoms with Crippen molar-refractivity contribution in [3.05, 3.63) is 29.8 Å². The molecule has 2 atom stereocenters. The van der Waals surface area contributed by atoms with Gasteiger partial charge in [-0.1, -0.05) is 57.7 Å². The fourth-order valence-corrected chi connectivity index (χ4v) is 3.04. The predicted molar refractivity (Wildman–Crippen MR) is 94.7 cm³/mol. The zero-order chi connectivity index (χ0) is 17.1. The van der Waals surface area contributed by atoms with Crippen molar-refractivity contribution in [1.29, 1.82) is 0 Å². The Balaban J connectivity index is 2.85. The molecule has 130 valence electrons. The molecule has 0 saturated heterocycles. The fraction of sp³-hybridized carbons (Fsp3) is 0.650. The van der Waals surface area contributed by atoms with Crippen LogP contribution < -0.4 is 4.74 Å². The van der Waals surface area contributed by atoms with Gasteiger partial charge < -0.3 is 9.47 Å². The molecule has 3 heteroatoms. The molecule has 0 fully saturated rings. The number of hydrogen-bond donors (Lipinski definition) is 0. The first-order valence-corrected chi connectivity index (χ1v) is 8.94. The number of unbranched alkanes of at least 4 members (excludes halogenated alkanes) is 1. The van der Waals surface area contributed by atoms with E-state index in [0.29, 0.717) is 18.9 Å². The third-order valence-electron chi connectivity index (χ3n) is 4.44. The van der Waals surface area contributed by atoms with Crippen LogP contribution in [0.3, 0.4) is 0 Å². The van der Waals surface area contributed by atoms with Crippen LogP contribution in [-0.2, 0) is 16.0 Å². The average Bonchev–Trinajstić information content (AvgIpc) is 2.58. The van der Waals surface area contributed by atoms with Gasteiger partial charge in [0, 0.05) is 0 Å². The molecule has 3 nitrogen and oxygen atoms in total. The van der Waals surface area contributed by atoms with Gasteiger partial charge in [-0.05, 0) is 37.3 Å². The van der Waals surface area contributed by atoms with Gasteiger partial charge in [0.2, 0.25) is 0 Å². The van der Waals surface area contributed by atoms with Crippen molar-refractivity contribution in [3.8, 4) is 5.75 Å². The summed E-state index contributed by atoms with van der Waals surface area (Å²) >= 11 is 0. The first-order chi connectivity index (χ1) is 11.2. The van der Waals surface area contributed by atoms with Crippen molar-refractivity contribution >= 4 is 5.97 Å². The molecule has 0 amide bonds. The third-order valence-corrected chi connectivity index (χ3v) is 4.44. The van der Waals surface area contributed by atoms with Crippen molar-refractivity contribution in [2.24, 2.45) is 11.8 Å². The summed E-state index contributed by atoms with van der Waals surface area (Å²) < 4.78 is 10.7. The normalized spacial score (nSPS) is 13.4. The van der Waals surface area contributed by atoms with E-state index in [2.05, 4.69) is 13.8 Å². The zero-order valence-corrected chi connectivity index (χ0v) is 15.1. The molecular weight excluding hydrogens is 288 g/mol. The number of hydrogen-bond acceptors (Lipinski definition) is 3. The first kappa shape index (κ1) is 19.5. The lowest BCUT2D eigenvalue weighted by molar-refractivity contribution is -0.148. The quantitative estimate of drug-likeness (QED) is 0.537. The van der Waals surface area contributed by atoms with E-state index in [1.165, 1.54) is 19.3 Å². The van der Waals surface area contributed by atoms with E-state index in [1.54, 1.807) is 7.11 Å². The van der Waals surface area contributed by atoms with E-state index in [4.69, 9.17) is 9.47 Å². The molecule has 23 heavy (non-hydrogen) atoms. The zero-order valence-electron chi connectivity index (χ0n) is 15.1. The molecule has 0 aliphatic rings. The van der Waals surface area contributed by atoms with Crippen LogP contribution in [0.1, 0.15) is 58.4 Å². The van der Waals surface area contributed by atoms with Crippen LogP contribution in [0.2, 0.25) is 0 Å². The smallest absolute Gasteiger partial charge is 0.309 e. The van der Waals surface area contributed by atoms with Crippen molar-refractivity contribution in [3.63, 3.8) is 0 Å². The van der Waals surface area contributed by atoms with Crippen LogP contribution in [0.4, 0.5) is 0 Å². The second-order valence-electron chi connectivity index (χ2n) is 6.12. The molecule has 0 radical (unpaired) electrons. The number of methoxy groups -OCH3 is 1. The number of benzene rings is 1. The van der Waals surface area contributed by atoms with E-state index in [-0.39, 0.29) is 11.9 Å². The molecule has 0 aliphatic carbocycles. The van der Waals surface area contributed by atoms with Gasteiger partial charge in [-0.15, -0.1) is 0 Å². The second kappa shape index (κ2) is 11.1. The molecule has 0 aliphatic heterocycles. The molecule has 0 bridgehead atoms. The van der Waals surface area contributed by atoms with E-state index in [9.17, 15) is 4.79 Å². The lowest BCUT2D eigenvalue weighted by atomic mass is 9.85. The first-order valence-electron chi connectivity index (χ1n) is 8.94. The Bertz CT molecular complexity index is 456. The third kappa shape index (κ3) is 6.64. The predicted octanol–water partition coefficient (Wildman–Crippen LogP) is 5.02. The van der Waals surface area contributed by atoms with Gasteiger partial charge in [-0.3, -0.25) is 4.79 Å². The van der Waals surface area contributed by atoms with E-state index < -0.39 is 0 Å². The summed E-state index contributed by atoms with van der Waals surface area (Å²) in [5, 5.41) is 0. The Morgan fingerprint density at radius 2 is 1.91 bits per heavy atom. The molecule has 1 aromatic rings. The molecule has 2 unspecified atom stereocenters. The number of carbonyl (C=O) groups excluding carboxylic acids is 1. The summed E-state index contributed by atoms with van der Waals surface area (Å²) in [6, 6.07) is 7.94. The number of esters is 1. The number of para-hydroxylation sites is 1. The van der Waals surface area contributed by atoms with Crippen molar-refractivity contribution in [1.82, 2.24) is 0 Å². The summed E-state index contributed by atoms with van der Waals surface area (Å²) in [7, 11) is 1.67. The van der Waals surface area contributed by atoms with Gasteiger partial charge >= 0.3 is 5.97 Å². The van der Waals surface area contributed by atoms with Gasteiger partial charge in [0.15, 0.2) is 0 Å². The van der Waals surface area contributed by atoms with Crippen LogP contribution >= 0.6 is 0 Å². The Hall–Kier alpha value is -1.51. The van der Waals surface area contributed by atoms with Gasteiger partial charge in [0.05, 0.1) is 19.6 Å². The number of carbonyl (C=O) groups is 1. The molecule has 0 spiro atoms. The summed E-state index contributed by atoms with van der Waals surface area (Å²) in [6.07, 6.45) is 6.31. The topological polar surface area (TPSA) is 35.5 Å². The summed E-state index contributed by atoms with van der Waals surface area (Å²) in [5.41, 5.74) is 1.08. The Labute approximate surface area is 141 Å². The Morgan fingerprint density at radius 1 is 1.17 bits per heavy atom. The molecular formula is C20H32O3. The van der Waals surface area contributed by atoms with Gasteiger partial charge in [0.25, 0.3) is 0 Å². The van der Waals surface area contributed by atoms with Gasteiger partial charge in [-0.2, -0.15) is 0 Å². The maximum atomic E-state index is 12.4. The molecule has 1 aromatic carbocycles. The maximum absolute atomic E-state index is 12.4. The maximum Gasteiger partial charge on any atom is 0.309 e. The van der Waals surface area contributed by atoms with E-state index in [0.717, 1.165) is 24.2 Å². The highest BCUT2D eigenvalue weighted by Gasteiger charge is 2.25. The minimum atomic E-state index is -0.0898. The summed E-state index contributed by atoms with van der Waals surface area (Å²) in [5.74, 6) is 1.27. The Kier molecular flexibility index (Phi) is 9.42. The molecule has 0 aromatic heterocycles. The molecule has 1 rings (SSSR count). The molecule has 0 saturated carbocycles. The summed E-state index contributed by atoms with van der Waals surface area (Å²) in [4.78, 5) is 12.4. The van der Waals surface area contributed by atoms with Gasteiger partial charge in [0.1, 0.15) is 5.75 Å². The largest absolute Gasteiger partial charge is 0.496 e. The highest BCUT2D eigenvalue weighted by Crippen LogP contribution is 2.28. The molecule has 0 N–H and O–H groups in total. The highest BCUT2D eigenvalue weighted by molar-refractivity contribution is 5.73. The van der Waals surface area contributed by atoms with Crippen LogP contribution in [0, 0.1) is 11.8 Å². The van der Waals surface area contributed by atoms with E-state index >= 15 is 0 Å². The molecule has 0 heterocycles. The van der Waals surface area contributed by atoms with Crippen LogP contribution in [-0.4, -0.2) is 19.7 Å². The average molecular weight is 320 g/mol. The lowest BCUT2D eigenvalue weighted by Gasteiger charge is -2.22. The second-order valence-corrected chi connectivity index (χ2v) is 6.12. The number of ether oxygens (including phenoxy) is 2. The summed E-state index contributed by atoms with van der Waals surface area (Å²) in [6.45, 7) is 6.73. The minimum Gasteiger partial charge on any atom is -0.496 e. The lowest BCUT2D eigenvalue weighted by Crippen LogP contribution is -2.23. The van der Waals surface area contributed by atoms with Crippen molar-refractivity contribution in [2.75, 3.05) is 13.7 Å². The Morgan fingerprint density at radius 3 is 2.52 bits per heavy atom. The van der Waals surface area contributed by atoms with Crippen LogP contribution in [0.15, 0.2) is 24.3 Å². The highest BCUT2D eigenvalue weighted by atomic mass is 16.5. The minimum absolute atomic E-state index is 0.0756. The monoisotopic (exact) mass is 320 g/mol. The standard InChI is InChI=1S/C20H32O3/c1-5-8-11-16(6-2)14-18(20(21)23-7-3)15-17-12-9-10-13-19(17)22-4/h9-10,12-13,16,18H,5-8,11,14-15H2,1-4H3. The fourth-order valence-electron chi connectivity index (χ4n) is 3.04. The van der Waals surface area contributed by atoms with Crippen LogP contribution in [0.25, 0.3) is 0 Å². The SMILES string of the molecule is CCCCC(CC)CC(Cc1ccccc1OC)C(=O)OCC. The van der Waals surface area contributed by atoms with Crippen molar-refractivity contribution < 1.29 is 14.3 Å². The van der Waals surface area contributed by atoms with Crippen molar-refractivity contribution in [2.45, 2.75) is 59.3 Å². The van der Waals surface area contributed by atoms with Gasteiger partial charge in [-0.25, -0.2) is 0 Å². The number of rotatable bonds is 11. The van der Waals surface area contributed by atoms with Crippen LogP contribution in [0.5, 0.6) is 5.75 Å².